The van der Waals surface area contributed by atoms with Crippen LogP contribution in [-0.4, -0.2) is 47.0 Å². The maximum Gasteiger partial charge on any atom is 0.0541 e. The summed E-state index contributed by atoms with van der Waals surface area (Å²) in [5, 5.41) is 18.5. The first kappa shape index (κ1) is 11.4. The lowest BCUT2D eigenvalue weighted by Gasteiger charge is -2.39. The van der Waals surface area contributed by atoms with E-state index in [4.69, 9.17) is 5.11 Å². The van der Waals surface area contributed by atoms with Crippen LogP contribution in [0.1, 0.15) is 38.5 Å². The average Bonchev–Trinajstić information content (AvgIpc) is 2.30. The molecule has 0 unspecified atom stereocenters. The first-order valence-corrected chi connectivity index (χ1v) is 6.32. The molecule has 3 nitrogen and oxygen atoms in total. The molecule has 0 aromatic carbocycles. The van der Waals surface area contributed by atoms with Gasteiger partial charge in [0.25, 0.3) is 0 Å². The van der Waals surface area contributed by atoms with Gasteiger partial charge in [-0.1, -0.05) is 0 Å². The average molecular weight is 213 g/mol. The standard InChI is InChI=1S/C12H23NO2/c14-9-10-5-7-13(8-6-10)11-1-3-12(15)4-2-11/h10-12,14-15H,1-9H2. The number of aliphatic hydroxyl groups is 2. The van der Waals surface area contributed by atoms with E-state index in [9.17, 15) is 5.11 Å². The molecule has 0 aromatic rings. The molecule has 2 N–H and O–H groups in total. The van der Waals surface area contributed by atoms with Crippen molar-refractivity contribution in [1.82, 2.24) is 4.90 Å². The largest absolute Gasteiger partial charge is 0.396 e. The first-order valence-electron chi connectivity index (χ1n) is 6.32. The van der Waals surface area contributed by atoms with Crippen LogP contribution in [0.5, 0.6) is 0 Å². The van der Waals surface area contributed by atoms with Gasteiger partial charge in [-0.2, -0.15) is 0 Å². The summed E-state index contributed by atoms with van der Waals surface area (Å²) in [6.07, 6.45) is 6.52. The highest BCUT2D eigenvalue weighted by molar-refractivity contribution is 4.82. The molecule has 0 bridgehead atoms. The van der Waals surface area contributed by atoms with Gasteiger partial charge in [0.05, 0.1) is 6.10 Å². The number of nitrogens with zero attached hydrogens (tertiary/aromatic N) is 1. The zero-order valence-corrected chi connectivity index (χ0v) is 9.44. The molecule has 1 saturated heterocycles. The topological polar surface area (TPSA) is 43.7 Å². The van der Waals surface area contributed by atoms with Gasteiger partial charge in [-0.25, -0.2) is 0 Å². The van der Waals surface area contributed by atoms with Gasteiger partial charge in [0.1, 0.15) is 0 Å². The fraction of sp³-hybridized carbons (Fsp3) is 1.00. The van der Waals surface area contributed by atoms with E-state index in [-0.39, 0.29) is 6.10 Å². The summed E-state index contributed by atoms with van der Waals surface area (Å²) < 4.78 is 0. The maximum atomic E-state index is 9.45. The molecule has 3 heteroatoms. The SMILES string of the molecule is OCC1CCN(C2CCC(O)CC2)CC1. The zero-order chi connectivity index (χ0) is 10.7. The summed E-state index contributed by atoms with van der Waals surface area (Å²) in [7, 11) is 0. The molecule has 0 radical (unpaired) electrons. The van der Waals surface area contributed by atoms with Crippen LogP contribution in [0.25, 0.3) is 0 Å². The monoisotopic (exact) mass is 213 g/mol. The first-order chi connectivity index (χ1) is 7.29. The van der Waals surface area contributed by atoms with Crippen LogP contribution in [0.4, 0.5) is 0 Å². The maximum absolute atomic E-state index is 9.45. The Morgan fingerprint density at radius 2 is 1.53 bits per heavy atom. The molecule has 0 atom stereocenters. The summed E-state index contributed by atoms with van der Waals surface area (Å²) in [6, 6.07) is 0.702. The summed E-state index contributed by atoms with van der Waals surface area (Å²) in [5.41, 5.74) is 0. The summed E-state index contributed by atoms with van der Waals surface area (Å²) in [5.74, 6) is 0.537. The van der Waals surface area contributed by atoms with Gasteiger partial charge in [0, 0.05) is 12.6 Å². The van der Waals surface area contributed by atoms with Crippen molar-refractivity contribution in [3.8, 4) is 0 Å². The van der Waals surface area contributed by atoms with Crippen LogP contribution in [0.15, 0.2) is 0 Å². The Kier molecular flexibility index (Phi) is 4.00. The number of likely N-dealkylation sites (tertiary alicyclic amines) is 1. The second-order valence-corrected chi connectivity index (χ2v) is 5.12. The normalized spacial score (nSPS) is 35.6. The summed E-state index contributed by atoms with van der Waals surface area (Å²) in [6.45, 7) is 2.65. The van der Waals surface area contributed by atoms with Gasteiger partial charge in [-0.15, -0.1) is 0 Å². The van der Waals surface area contributed by atoms with E-state index in [0.717, 1.165) is 51.6 Å². The Bertz CT molecular complexity index is 182. The molecule has 0 spiro atoms. The van der Waals surface area contributed by atoms with Gasteiger partial charge < -0.3 is 15.1 Å². The Morgan fingerprint density at radius 3 is 2.07 bits per heavy atom. The molecule has 1 heterocycles. The lowest BCUT2D eigenvalue weighted by molar-refractivity contribution is 0.0477. The van der Waals surface area contributed by atoms with Gasteiger partial charge in [-0.05, 0) is 57.5 Å². The molecular formula is C12H23NO2. The van der Waals surface area contributed by atoms with Crippen molar-refractivity contribution in [1.29, 1.82) is 0 Å². The van der Waals surface area contributed by atoms with Crippen LogP contribution < -0.4 is 0 Å². The number of aliphatic hydroxyl groups excluding tert-OH is 2. The number of rotatable bonds is 2. The molecule has 15 heavy (non-hydrogen) atoms. The minimum atomic E-state index is -0.0452. The fourth-order valence-corrected chi connectivity index (χ4v) is 2.92. The molecule has 1 saturated carbocycles. The van der Waals surface area contributed by atoms with E-state index in [2.05, 4.69) is 4.90 Å². The minimum absolute atomic E-state index is 0.0452. The van der Waals surface area contributed by atoms with Crippen molar-refractivity contribution in [2.24, 2.45) is 5.92 Å². The highest BCUT2D eigenvalue weighted by Crippen LogP contribution is 2.27. The zero-order valence-electron chi connectivity index (χ0n) is 9.44. The van der Waals surface area contributed by atoms with Gasteiger partial charge in [0.2, 0.25) is 0 Å². The Labute approximate surface area is 92.1 Å². The van der Waals surface area contributed by atoms with Gasteiger partial charge in [-0.3, -0.25) is 0 Å². The molecule has 88 valence electrons. The molecule has 2 fully saturated rings. The smallest absolute Gasteiger partial charge is 0.0541 e. The van der Waals surface area contributed by atoms with Crippen molar-refractivity contribution in [3.05, 3.63) is 0 Å². The van der Waals surface area contributed by atoms with Crippen LogP contribution in [0, 0.1) is 5.92 Å². The Balaban J connectivity index is 1.75. The number of hydrogen-bond acceptors (Lipinski definition) is 3. The lowest BCUT2D eigenvalue weighted by atomic mass is 9.89. The molecule has 2 rings (SSSR count). The van der Waals surface area contributed by atoms with E-state index in [1.165, 1.54) is 0 Å². The van der Waals surface area contributed by atoms with E-state index in [1.54, 1.807) is 0 Å². The molecule has 1 aliphatic heterocycles. The minimum Gasteiger partial charge on any atom is -0.396 e. The van der Waals surface area contributed by atoms with E-state index >= 15 is 0 Å². The quantitative estimate of drug-likeness (QED) is 0.719. The van der Waals surface area contributed by atoms with Crippen LogP contribution in [0.2, 0.25) is 0 Å². The second-order valence-electron chi connectivity index (χ2n) is 5.12. The number of hydrogen-bond donors (Lipinski definition) is 2. The molecule has 2 aliphatic rings. The van der Waals surface area contributed by atoms with Crippen LogP contribution >= 0.6 is 0 Å². The van der Waals surface area contributed by atoms with Crippen molar-refractivity contribution in [3.63, 3.8) is 0 Å². The third kappa shape index (κ3) is 2.92. The van der Waals surface area contributed by atoms with Crippen molar-refractivity contribution < 1.29 is 10.2 Å². The molecule has 0 amide bonds. The van der Waals surface area contributed by atoms with Crippen LogP contribution in [-0.2, 0) is 0 Å². The predicted molar refractivity (Wildman–Crippen MR) is 59.6 cm³/mol. The Hall–Kier alpha value is -0.120. The highest BCUT2D eigenvalue weighted by atomic mass is 16.3. The third-order valence-electron chi connectivity index (χ3n) is 4.09. The second kappa shape index (κ2) is 5.28. The molecule has 1 aliphatic carbocycles. The molecular weight excluding hydrogens is 190 g/mol. The summed E-state index contributed by atoms with van der Waals surface area (Å²) in [4.78, 5) is 2.57. The van der Waals surface area contributed by atoms with E-state index in [1.807, 2.05) is 0 Å². The fourth-order valence-electron chi connectivity index (χ4n) is 2.92. The summed E-state index contributed by atoms with van der Waals surface area (Å²) >= 11 is 0. The van der Waals surface area contributed by atoms with Crippen molar-refractivity contribution in [2.45, 2.75) is 50.7 Å². The van der Waals surface area contributed by atoms with E-state index < -0.39 is 0 Å². The molecule has 0 aromatic heterocycles. The van der Waals surface area contributed by atoms with Gasteiger partial charge in [0.15, 0.2) is 0 Å². The van der Waals surface area contributed by atoms with E-state index in [0.29, 0.717) is 18.6 Å². The van der Waals surface area contributed by atoms with Crippen LogP contribution in [0.3, 0.4) is 0 Å². The highest BCUT2D eigenvalue weighted by Gasteiger charge is 2.27. The number of piperidine rings is 1. The van der Waals surface area contributed by atoms with Gasteiger partial charge >= 0.3 is 0 Å². The third-order valence-corrected chi connectivity index (χ3v) is 4.09. The Morgan fingerprint density at radius 1 is 0.933 bits per heavy atom. The van der Waals surface area contributed by atoms with Crippen molar-refractivity contribution in [2.75, 3.05) is 19.7 Å². The lowest BCUT2D eigenvalue weighted by Crippen LogP contribution is -2.44. The predicted octanol–water partition coefficient (Wildman–Crippen LogP) is 0.994. The van der Waals surface area contributed by atoms with Crippen molar-refractivity contribution >= 4 is 0 Å².